The van der Waals surface area contributed by atoms with Crippen molar-refractivity contribution < 1.29 is 2.85 Å². The molecular formula is C12H24ClMgNSi2. The van der Waals surface area contributed by atoms with E-state index in [1.165, 1.54) is 5.69 Å². The van der Waals surface area contributed by atoms with Crippen molar-refractivity contribution in [2.24, 2.45) is 0 Å². The molecule has 0 unspecified atom stereocenters. The molecular weight excluding hydrogens is 274 g/mol. The van der Waals surface area contributed by atoms with Crippen molar-refractivity contribution in [3.63, 3.8) is 0 Å². The molecule has 0 spiro atoms. The van der Waals surface area contributed by atoms with Crippen LogP contribution in [0.4, 0.5) is 5.69 Å². The molecule has 0 aliphatic carbocycles. The van der Waals surface area contributed by atoms with Crippen LogP contribution in [0.1, 0.15) is 2.85 Å². The van der Waals surface area contributed by atoms with Gasteiger partial charge in [0.15, 0.2) is 0 Å². The summed E-state index contributed by atoms with van der Waals surface area (Å²) in [6.45, 7) is 14.4. The van der Waals surface area contributed by atoms with E-state index in [0.29, 0.717) is 0 Å². The Kier molecular flexibility index (Phi) is 6.29. The van der Waals surface area contributed by atoms with Gasteiger partial charge in [0.1, 0.15) is 16.5 Å². The van der Waals surface area contributed by atoms with E-state index in [-0.39, 0.29) is 25.9 Å². The monoisotopic (exact) mass is 297 g/mol. The zero-order chi connectivity index (χ0) is 12.6. The first-order chi connectivity index (χ1) is 7.12. The first kappa shape index (κ1) is 17.5. The smallest absolute Gasteiger partial charge is 1.00 e. The molecule has 0 saturated carbocycles. The second-order valence-electron chi connectivity index (χ2n) is 6.16. The van der Waals surface area contributed by atoms with Crippen LogP contribution in [-0.4, -0.2) is 39.5 Å². The van der Waals surface area contributed by atoms with Gasteiger partial charge in [-0.25, -0.2) is 0 Å². The summed E-state index contributed by atoms with van der Waals surface area (Å²) in [4.78, 5) is 0. The Morgan fingerprint density at radius 3 is 1.82 bits per heavy atom. The van der Waals surface area contributed by atoms with Crippen molar-refractivity contribution in [2.75, 3.05) is 4.23 Å². The number of halogens is 1. The fourth-order valence-electron chi connectivity index (χ4n) is 2.40. The third-order valence-electron chi connectivity index (χ3n) is 2.41. The average Bonchev–Trinajstić information content (AvgIpc) is 1.97. The minimum Gasteiger partial charge on any atom is -1.00 e. The average molecular weight is 298 g/mol. The van der Waals surface area contributed by atoms with Crippen LogP contribution < -0.4 is 4.23 Å². The van der Waals surface area contributed by atoms with E-state index in [9.17, 15) is 0 Å². The molecule has 0 fully saturated rings. The van der Waals surface area contributed by atoms with Crippen molar-refractivity contribution in [2.45, 2.75) is 39.3 Å². The van der Waals surface area contributed by atoms with Crippen LogP contribution in [0.2, 0.25) is 44.3 Å². The van der Waals surface area contributed by atoms with Crippen LogP contribution in [0.5, 0.6) is 0 Å². The third-order valence-corrected chi connectivity index (χ3v) is 9.87. The molecule has 0 heterocycles. The summed E-state index contributed by atoms with van der Waals surface area (Å²) >= 11 is 6.09. The van der Waals surface area contributed by atoms with Gasteiger partial charge in [-0.05, 0) is 18.2 Å². The molecule has 0 bridgehead atoms. The molecule has 0 saturated heterocycles. The normalized spacial score (nSPS) is 11.9. The van der Waals surface area contributed by atoms with E-state index in [4.69, 9.17) is 11.6 Å². The molecule has 0 amide bonds. The zero-order valence-corrected chi connectivity index (χ0v) is 16.0. The standard InChI is InChI=1S/C12H22ClNSi2.Mg.2H/c1-15(2,3)14(16(4,5)6)12-9-7-8-11(13)10-12;;;/h7-10H,1-6H3;;;/q;+2;2*-1. The van der Waals surface area contributed by atoms with Gasteiger partial charge in [-0.1, -0.05) is 56.9 Å². The molecule has 0 radical (unpaired) electrons. The largest absolute Gasteiger partial charge is 2.00 e. The summed E-state index contributed by atoms with van der Waals surface area (Å²) in [5.41, 5.74) is 1.30. The van der Waals surface area contributed by atoms with Crippen LogP contribution in [0.3, 0.4) is 0 Å². The van der Waals surface area contributed by atoms with E-state index >= 15 is 0 Å². The summed E-state index contributed by atoms with van der Waals surface area (Å²) in [5, 5.41) is 0.832. The van der Waals surface area contributed by atoms with Gasteiger partial charge < -0.3 is 7.08 Å². The molecule has 0 aliphatic heterocycles. The van der Waals surface area contributed by atoms with Gasteiger partial charge in [0.2, 0.25) is 0 Å². The molecule has 0 N–H and O–H groups in total. The van der Waals surface area contributed by atoms with Gasteiger partial charge in [-0.3, -0.25) is 0 Å². The number of anilines is 1. The van der Waals surface area contributed by atoms with E-state index in [1.54, 1.807) is 0 Å². The van der Waals surface area contributed by atoms with E-state index in [0.717, 1.165) is 5.02 Å². The number of hydrogen-bond donors (Lipinski definition) is 0. The summed E-state index contributed by atoms with van der Waals surface area (Å²) in [6.07, 6.45) is 0. The molecule has 1 aromatic carbocycles. The van der Waals surface area contributed by atoms with E-state index in [1.807, 2.05) is 12.1 Å². The van der Waals surface area contributed by atoms with Crippen molar-refractivity contribution in [3.05, 3.63) is 29.3 Å². The Morgan fingerprint density at radius 1 is 1.00 bits per heavy atom. The van der Waals surface area contributed by atoms with Gasteiger partial charge in [0, 0.05) is 10.7 Å². The van der Waals surface area contributed by atoms with Crippen LogP contribution in [0, 0.1) is 0 Å². The van der Waals surface area contributed by atoms with Gasteiger partial charge >= 0.3 is 23.1 Å². The summed E-state index contributed by atoms with van der Waals surface area (Å²) in [6, 6.07) is 8.27. The van der Waals surface area contributed by atoms with Crippen LogP contribution >= 0.6 is 11.6 Å². The molecule has 1 nitrogen and oxygen atoms in total. The Morgan fingerprint density at radius 2 is 1.47 bits per heavy atom. The second kappa shape index (κ2) is 6.10. The van der Waals surface area contributed by atoms with Crippen LogP contribution in [0.15, 0.2) is 24.3 Å². The maximum atomic E-state index is 6.09. The van der Waals surface area contributed by atoms with Crippen LogP contribution in [-0.2, 0) is 0 Å². The Labute approximate surface area is 132 Å². The fourth-order valence-corrected chi connectivity index (χ4v) is 12.5. The quantitative estimate of drug-likeness (QED) is 0.734. The van der Waals surface area contributed by atoms with Gasteiger partial charge in [-0.15, -0.1) is 0 Å². The number of hydrogen-bond acceptors (Lipinski definition) is 1. The Bertz CT molecular complexity index is 367. The first-order valence-corrected chi connectivity index (χ1v) is 13.0. The Hall–Kier alpha value is 0.510. The van der Waals surface area contributed by atoms with Gasteiger partial charge in [0.25, 0.3) is 0 Å². The SMILES string of the molecule is C[Si](C)(C)N(c1cccc(Cl)c1)[Si](C)(C)C.[H-].[H-].[Mg+2]. The van der Waals surface area contributed by atoms with Gasteiger partial charge in [0.05, 0.1) is 0 Å². The number of benzene rings is 1. The minimum atomic E-state index is -1.35. The topological polar surface area (TPSA) is 3.24 Å². The Balaban J connectivity index is -0.000000853. The molecule has 1 aromatic rings. The maximum absolute atomic E-state index is 6.09. The molecule has 94 valence electrons. The minimum absolute atomic E-state index is 0. The predicted octanol–water partition coefficient (Wildman–Crippen LogP) is 4.66. The molecule has 1 rings (SSSR count). The van der Waals surface area contributed by atoms with Crippen molar-refractivity contribution in [3.8, 4) is 0 Å². The molecule has 0 aromatic heterocycles. The maximum Gasteiger partial charge on any atom is 2.00 e. The zero-order valence-electron chi connectivity index (χ0n) is 13.8. The summed E-state index contributed by atoms with van der Waals surface area (Å²) < 4.78 is 2.67. The molecule has 0 atom stereocenters. The van der Waals surface area contributed by atoms with Crippen molar-refractivity contribution in [1.82, 2.24) is 0 Å². The summed E-state index contributed by atoms with van der Waals surface area (Å²) in [5.74, 6) is 0. The van der Waals surface area contributed by atoms with Gasteiger partial charge in [-0.2, -0.15) is 0 Å². The second-order valence-corrected chi connectivity index (χ2v) is 16.6. The molecule has 0 aliphatic rings. The molecule has 5 heteroatoms. The number of nitrogens with zero attached hydrogens (tertiary/aromatic N) is 1. The first-order valence-electron chi connectivity index (χ1n) is 5.68. The summed E-state index contributed by atoms with van der Waals surface area (Å²) in [7, 11) is -2.70. The number of rotatable bonds is 3. The van der Waals surface area contributed by atoms with Crippen molar-refractivity contribution in [1.29, 1.82) is 0 Å². The fraction of sp³-hybridized carbons (Fsp3) is 0.500. The van der Waals surface area contributed by atoms with E-state index in [2.05, 4.69) is 55.6 Å². The van der Waals surface area contributed by atoms with Crippen molar-refractivity contribution >= 4 is 56.8 Å². The van der Waals surface area contributed by atoms with E-state index < -0.39 is 16.5 Å². The molecule has 17 heavy (non-hydrogen) atoms. The third kappa shape index (κ3) is 4.95. The predicted molar refractivity (Wildman–Crippen MR) is 88.6 cm³/mol. The van der Waals surface area contributed by atoms with Crippen LogP contribution in [0.25, 0.3) is 0 Å².